The van der Waals surface area contributed by atoms with E-state index in [2.05, 4.69) is 231 Å². The third-order valence-corrected chi connectivity index (χ3v) is 13.5. The summed E-state index contributed by atoms with van der Waals surface area (Å²) in [4.78, 5) is 2.51. The number of rotatable bonds is 5. The van der Waals surface area contributed by atoms with E-state index in [0.717, 1.165) is 17.1 Å². The lowest BCUT2D eigenvalue weighted by Gasteiger charge is -2.32. The molecular weight excluding hydrogens is 711 g/mol. The zero-order valence-electron chi connectivity index (χ0n) is 33.2. The molecule has 278 valence electrons. The highest BCUT2D eigenvalue weighted by Gasteiger charge is 2.51. The van der Waals surface area contributed by atoms with E-state index >= 15 is 0 Å². The zero-order valence-corrected chi connectivity index (χ0v) is 33.2. The molecule has 1 spiro atoms. The second-order valence-corrected chi connectivity index (χ2v) is 16.8. The van der Waals surface area contributed by atoms with Crippen LogP contribution in [0.1, 0.15) is 47.2 Å². The van der Waals surface area contributed by atoms with Crippen molar-refractivity contribution in [2.75, 3.05) is 4.90 Å². The number of anilines is 3. The minimum Gasteiger partial charge on any atom is -0.310 e. The van der Waals surface area contributed by atoms with E-state index in [1.54, 1.807) is 0 Å². The van der Waals surface area contributed by atoms with E-state index in [1.165, 1.54) is 89.0 Å². The highest BCUT2D eigenvalue weighted by Crippen LogP contribution is 2.63. The van der Waals surface area contributed by atoms with Crippen LogP contribution in [0, 0.1) is 0 Å². The molecule has 0 fully saturated rings. The average Bonchev–Trinajstić information content (AvgIpc) is 3.85. The van der Waals surface area contributed by atoms with Crippen molar-refractivity contribution >= 4 is 17.1 Å². The highest BCUT2D eigenvalue weighted by molar-refractivity contribution is 5.98. The summed E-state index contributed by atoms with van der Waals surface area (Å²) in [6.45, 7) is 4.75. The van der Waals surface area contributed by atoms with Crippen molar-refractivity contribution < 1.29 is 0 Å². The van der Waals surface area contributed by atoms with Gasteiger partial charge in [-0.1, -0.05) is 190 Å². The molecule has 0 N–H and O–H groups in total. The SMILES string of the molecule is CC1(C)c2ccccc2-c2ccc(N(c3ccc4c(c3)-c3ccccc3C43c4ccccc4-c4ccccc43)c3ccc(-c4ccccc4)cc3-c3ccccc3)cc21. The first-order valence-electron chi connectivity index (χ1n) is 20.8. The summed E-state index contributed by atoms with van der Waals surface area (Å²) >= 11 is 0. The highest BCUT2D eigenvalue weighted by atomic mass is 15.1. The van der Waals surface area contributed by atoms with E-state index in [1.807, 2.05) is 0 Å². The van der Waals surface area contributed by atoms with Gasteiger partial charge in [0.1, 0.15) is 0 Å². The quantitative estimate of drug-likeness (QED) is 0.169. The second kappa shape index (κ2) is 12.6. The molecule has 0 aromatic heterocycles. The Balaban J connectivity index is 1.13. The molecule has 3 aliphatic carbocycles. The molecule has 3 aliphatic rings. The maximum atomic E-state index is 2.51. The Morgan fingerprint density at radius 1 is 0.288 bits per heavy atom. The van der Waals surface area contributed by atoms with Crippen LogP contribution in [0.25, 0.3) is 55.6 Å². The number of benzene rings is 9. The van der Waals surface area contributed by atoms with Crippen molar-refractivity contribution in [3.05, 3.63) is 246 Å². The largest absolute Gasteiger partial charge is 0.310 e. The number of nitrogens with zero attached hydrogens (tertiary/aromatic N) is 1. The van der Waals surface area contributed by atoms with Crippen LogP contribution in [0.15, 0.2) is 212 Å². The van der Waals surface area contributed by atoms with Crippen LogP contribution < -0.4 is 4.90 Å². The second-order valence-electron chi connectivity index (χ2n) is 16.8. The minimum atomic E-state index is -0.391. The van der Waals surface area contributed by atoms with E-state index in [9.17, 15) is 0 Å². The van der Waals surface area contributed by atoms with Crippen LogP contribution in [-0.2, 0) is 10.8 Å². The summed E-state index contributed by atoms with van der Waals surface area (Å²) in [5, 5.41) is 0. The molecule has 0 heterocycles. The normalized spacial score (nSPS) is 14.2. The third kappa shape index (κ3) is 4.73. The Morgan fingerprint density at radius 2 is 0.746 bits per heavy atom. The maximum Gasteiger partial charge on any atom is 0.0725 e. The number of fused-ring (bicyclic) bond motifs is 13. The monoisotopic (exact) mass is 751 g/mol. The molecule has 1 nitrogen and oxygen atoms in total. The van der Waals surface area contributed by atoms with Crippen LogP contribution in [0.3, 0.4) is 0 Å². The van der Waals surface area contributed by atoms with Gasteiger partial charge in [0, 0.05) is 22.4 Å². The van der Waals surface area contributed by atoms with E-state index in [0.29, 0.717) is 0 Å². The van der Waals surface area contributed by atoms with E-state index in [4.69, 9.17) is 0 Å². The summed E-state index contributed by atoms with van der Waals surface area (Å²) in [7, 11) is 0. The molecule has 9 aromatic carbocycles. The predicted octanol–water partition coefficient (Wildman–Crippen LogP) is 15.1. The van der Waals surface area contributed by atoms with Gasteiger partial charge in [-0.05, 0) is 120 Å². The molecule has 0 aliphatic heterocycles. The van der Waals surface area contributed by atoms with Gasteiger partial charge in [0.15, 0.2) is 0 Å². The smallest absolute Gasteiger partial charge is 0.0725 e. The van der Waals surface area contributed by atoms with Crippen molar-refractivity contribution in [1.82, 2.24) is 0 Å². The van der Waals surface area contributed by atoms with Gasteiger partial charge in [-0.15, -0.1) is 0 Å². The summed E-state index contributed by atoms with van der Waals surface area (Å²) < 4.78 is 0. The van der Waals surface area contributed by atoms with Crippen LogP contribution in [-0.4, -0.2) is 0 Å². The topological polar surface area (TPSA) is 3.24 Å². The Hall–Kier alpha value is -7.22. The molecular formula is C58H41N. The first-order valence-corrected chi connectivity index (χ1v) is 20.8. The Morgan fingerprint density at radius 3 is 1.37 bits per heavy atom. The lowest BCUT2D eigenvalue weighted by atomic mass is 9.70. The van der Waals surface area contributed by atoms with Gasteiger partial charge >= 0.3 is 0 Å². The Kier molecular flexibility index (Phi) is 7.26. The minimum absolute atomic E-state index is 0.139. The van der Waals surface area contributed by atoms with Gasteiger partial charge in [0.2, 0.25) is 0 Å². The Bertz CT molecular complexity index is 3090. The summed E-state index contributed by atoms with van der Waals surface area (Å²) in [6, 6.07) is 79.2. The fourth-order valence-corrected chi connectivity index (χ4v) is 10.9. The van der Waals surface area contributed by atoms with Crippen LogP contribution in [0.2, 0.25) is 0 Å². The molecule has 0 unspecified atom stereocenters. The lowest BCUT2D eigenvalue weighted by Crippen LogP contribution is -2.25. The molecule has 0 saturated heterocycles. The number of hydrogen-bond donors (Lipinski definition) is 0. The van der Waals surface area contributed by atoms with Crippen LogP contribution in [0.4, 0.5) is 17.1 Å². The molecule has 0 radical (unpaired) electrons. The Labute approximate surface area is 346 Å². The maximum absolute atomic E-state index is 2.51. The number of hydrogen-bond acceptors (Lipinski definition) is 1. The molecule has 59 heavy (non-hydrogen) atoms. The molecule has 12 rings (SSSR count). The van der Waals surface area contributed by atoms with Gasteiger partial charge < -0.3 is 4.90 Å². The summed E-state index contributed by atoms with van der Waals surface area (Å²) in [5.41, 5.74) is 23.7. The predicted molar refractivity (Wildman–Crippen MR) is 246 cm³/mol. The summed E-state index contributed by atoms with van der Waals surface area (Å²) in [5.74, 6) is 0. The first-order chi connectivity index (χ1) is 29.0. The van der Waals surface area contributed by atoms with Crippen LogP contribution >= 0.6 is 0 Å². The molecule has 0 amide bonds. The summed E-state index contributed by atoms with van der Waals surface area (Å²) in [6.07, 6.45) is 0. The van der Waals surface area contributed by atoms with Crippen molar-refractivity contribution in [2.45, 2.75) is 24.7 Å². The average molecular weight is 752 g/mol. The van der Waals surface area contributed by atoms with Crippen LogP contribution in [0.5, 0.6) is 0 Å². The molecule has 0 bridgehead atoms. The van der Waals surface area contributed by atoms with Crippen molar-refractivity contribution in [2.24, 2.45) is 0 Å². The molecule has 9 aromatic rings. The van der Waals surface area contributed by atoms with E-state index < -0.39 is 5.41 Å². The zero-order chi connectivity index (χ0) is 39.3. The van der Waals surface area contributed by atoms with Gasteiger partial charge in [0.05, 0.1) is 11.1 Å². The van der Waals surface area contributed by atoms with Crippen molar-refractivity contribution in [1.29, 1.82) is 0 Å². The van der Waals surface area contributed by atoms with Gasteiger partial charge in [-0.2, -0.15) is 0 Å². The van der Waals surface area contributed by atoms with Crippen molar-refractivity contribution in [3.8, 4) is 55.6 Å². The molecule has 0 atom stereocenters. The fourth-order valence-electron chi connectivity index (χ4n) is 10.9. The first kappa shape index (κ1) is 33.9. The standard InChI is InChI=1S/C58H41N/c1-57(2)50-25-13-9-21-43(50)47-32-30-42(37-55(47)57)59(56-34-29-40(38-17-5-3-6-18-38)35-48(56)39-19-7-4-8-20-39)41-31-33-54-49(36-41)46-24-12-16-28-53(46)58(54)51-26-14-10-22-44(51)45-23-11-15-27-52(45)58/h3-37H,1-2H3. The van der Waals surface area contributed by atoms with Crippen molar-refractivity contribution in [3.63, 3.8) is 0 Å². The van der Waals surface area contributed by atoms with Gasteiger partial charge in [-0.25, -0.2) is 0 Å². The molecule has 0 saturated carbocycles. The third-order valence-electron chi connectivity index (χ3n) is 13.5. The van der Waals surface area contributed by atoms with Gasteiger partial charge in [-0.3, -0.25) is 0 Å². The van der Waals surface area contributed by atoms with Gasteiger partial charge in [0.25, 0.3) is 0 Å². The fraction of sp³-hybridized carbons (Fsp3) is 0.0690. The lowest BCUT2D eigenvalue weighted by molar-refractivity contribution is 0.660. The molecule has 1 heteroatoms. The van der Waals surface area contributed by atoms with E-state index in [-0.39, 0.29) is 5.41 Å².